The van der Waals surface area contributed by atoms with Gasteiger partial charge in [-0.3, -0.25) is 0 Å². The van der Waals surface area contributed by atoms with Crippen molar-refractivity contribution in [1.82, 2.24) is 0 Å². The minimum Gasteiger partial charge on any atom is -0.348 e. The van der Waals surface area contributed by atoms with Gasteiger partial charge in [0.25, 0.3) is 0 Å². The van der Waals surface area contributed by atoms with E-state index in [-0.39, 0.29) is 22.6 Å². The van der Waals surface area contributed by atoms with Gasteiger partial charge in [-0.2, -0.15) is 0 Å². The zero-order valence-electron chi connectivity index (χ0n) is 20.5. The van der Waals surface area contributed by atoms with Crippen LogP contribution in [0.1, 0.15) is 50.5 Å². The van der Waals surface area contributed by atoms with Crippen LogP contribution in [0.4, 0.5) is 17.6 Å². The molecule has 36 heavy (non-hydrogen) atoms. The predicted molar refractivity (Wildman–Crippen MR) is 133 cm³/mol. The Morgan fingerprint density at radius 2 is 1.33 bits per heavy atom. The first-order valence-corrected chi connectivity index (χ1v) is 12.4. The molecule has 2 nitrogen and oxygen atoms in total. The standard InChI is InChI=1S/C30H30F4O2/c1-3-5-6-8-22-13-14-23(27(32)26(22)31)20-9-11-21(12-10-20)24-15-16-25(29(34)28(24)33)30-35-17-19(7-4-2)18-36-30/h4,7,9-16,19,30H,3,5-6,8,17-18H2,1-2H3. The maximum absolute atomic E-state index is 15.0. The van der Waals surface area contributed by atoms with Gasteiger partial charge < -0.3 is 9.47 Å². The van der Waals surface area contributed by atoms with Crippen LogP contribution in [0.3, 0.4) is 0 Å². The van der Waals surface area contributed by atoms with Crippen molar-refractivity contribution in [3.63, 3.8) is 0 Å². The fourth-order valence-electron chi connectivity index (χ4n) is 4.45. The molecule has 6 heteroatoms. The molecule has 0 amide bonds. The lowest BCUT2D eigenvalue weighted by molar-refractivity contribution is -0.199. The highest BCUT2D eigenvalue weighted by Gasteiger charge is 2.27. The summed E-state index contributed by atoms with van der Waals surface area (Å²) in [7, 11) is 0. The summed E-state index contributed by atoms with van der Waals surface area (Å²) in [6.07, 6.45) is 6.12. The molecule has 1 aliphatic heterocycles. The smallest absolute Gasteiger partial charge is 0.186 e. The lowest BCUT2D eigenvalue weighted by Gasteiger charge is -2.28. The third kappa shape index (κ3) is 5.55. The summed E-state index contributed by atoms with van der Waals surface area (Å²) in [6.45, 7) is 4.66. The van der Waals surface area contributed by atoms with Crippen LogP contribution in [0.25, 0.3) is 22.3 Å². The first-order chi connectivity index (χ1) is 17.4. The van der Waals surface area contributed by atoms with Crippen molar-refractivity contribution in [3.8, 4) is 22.3 Å². The second kappa shape index (κ2) is 11.8. The van der Waals surface area contributed by atoms with Crippen molar-refractivity contribution < 1.29 is 27.0 Å². The van der Waals surface area contributed by atoms with Gasteiger partial charge in [-0.25, -0.2) is 17.6 Å². The highest BCUT2D eigenvalue weighted by molar-refractivity contribution is 5.71. The van der Waals surface area contributed by atoms with Gasteiger partial charge in [-0.15, -0.1) is 0 Å². The van der Waals surface area contributed by atoms with Gasteiger partial charge in [0, 0.05) is 22.6 Å². The largest absolute Gasteiger partial charge is 0.348 e. The lowest BCUT2D eigenvalue weighted by Crippen LogP contribution is -2.26. The number of halogens is 4. The van der Waals surface area contributed by atoms with Crippen LogP contribution in [0, 0.1) is 29.2 Å². The van der Waals surface area contributed by atoms with Crippen LogP contribution in [0.2, 0.25) is 0 Å². The molecule has 190 valence electrons. The maximum Gasteiger partial charge on any atom is 0.186 e. The molecule has 0 aliphatic carbocycles. The summed E-state index contributed by atoms with van der Waals surface area (Å²) < 4.78 is 70.5. The number of allylic oxidation sites excluding steroid dienone is 1. The van der Waals surface area contributed by atoms with Crippen molar-refractivity contribution in [2.45, 2.75) is 45.8 Å². The quantitative estimate of drug-likeness (QED) is 0.176. The van der Waals surface area contributed by atoms with Crippen molar-refractivity contribution in [1.29, 1.82) is 0 Å². The zero-order valence-corrected chi connectivity index (χ0v) is 20.5. The van der Waals surface area contributed by atoms with Crippen LogP contribution in [-0.2, 0) is 15.9 Å². The van der Waals surface area contributed by atoms with Crippen molar-refractivity contribution in [2.24, 2.45) is 5.92 Å². The highest BCUT2D eigenvalue weighted by atomic mass is 19.2. The molecule has 0 bridgehead atoms. The van der Waals surface area contributed by atoms with Gasteiger partial charge >= 0.3 is 0 Å². The zero-order chi connectivity index (χ0) is 25.7. The minimum atomic E-state index is -1.03. The van der Waals surface area contributed by atoms with Crippen LogP contribution in [0.5, 0.6) is 0 Å². The number of hydrogen-bond donors (Lipinski definition) is 0. The summed E-state index contributed by atoms with van der Waals surface area (Å²) in [4.78, 5) is 0. The first-order valence-electron chi connectivity index (χ1n) is 12.4. The molecule has 0 atom stereocenters. The Bertz CT molecular complexity index is 1210. The molecule has 4 rings (SSSR count). The third-order valence-electron chi connectivity index (χ3n) is 6.47. The van der Waals surface area contributed by atoms with E-state index in [1.54, 1.807) is 36.4 Å². The van der Waals surface area contributed by atoms with E-state index < -0.39 is 29.6 Å². The molecule has 0 N–H and O–H groups in total. The second-order valence-corrected chi connectivity index (χ2v) is 9.05. The molecule has 3 aromatic rings. The van der Waals surface area contributed by atoms with Crippen LogP contribution >= 0.6 is 0 Å². The Hall–Kier alpha value is -2.96. The molecule has 0 unspecified atom stereocenters. The summed E-state index contributed by atoms with van der Waals surface area (Å²) in [6, 6.07) is 12.4. The van der Waals surface area contributed by atoms with E-state index in [9.17, 15) is 13.2 Å². The maximum atomic E-state index is 15.0. The van der Waals surface area contributed by atoms with Gasteiger partial charge in [0.15, 0.2) is 29.6 Å². The topological polar surface area (TPSA) is 18.5 Å². The van der Waals surface area contributed by atoms with E-state index in [0.29, 0.717) is 36.3 Å². The summed E-state index contributed by atoms with van der Waals surface area (Å²) in [5.41, 5.74) is 1.42. The number of ether oxygens (including phenoxy) is 2. The number of rotatable bonds is 8. The predicted octanol–water partition coefficient (Wildman–Crippen LogP) is 8.55. The SMILES string of the molecule is CC=CC1COC(c2ccc(-c3ccc(-c4ccc(CCCCC)c(F)c4F)cc3)c(F)c2F)OC1. The Balaban J connectivity index is 1.53. The molecule has 0 aromatic heterocycles. The third-order valence-corrected chi connectivity index (χ3v) is 6.47. The van der Waals surface area contributed by atoms with Crippen LogP contribution in [-0.4, -0.2) is 13.2 Å². The highest BCUT2D eigenvalue weighted by Crippen LogP contribution is 2.34. The van der Waals surface area contributed by atoms with E-state index >= 15 is 4.39 Å². The number of unbranched alkanes of at least 4 members (excludes halogenated alkanes) is 2. The fourth-order valence-corrected chi connectivity index (χ4v) is 4.45. The average molecular weight is 499 g/mol. The van der Waals surface area contributed by atoms with E-state index in [0.717, 1.165) is 19.3 Å². The van der Waals surface area contributed by atoms with Crippen molar-refractivity contribution in [3.05, 3.63) is 95.1 Å². The van der Waals surface area contributed by atoms with Crippen molar-refractivity contribution >= 4 is 0 Å². The van der Waals surface area contributed by atoms with Crippen LogP contribution in [0.15, 0.2) is 60.7 Å². The van der Waals surface area contributed by atoms with Gasteiger partial charge in [0.1, 0.15) is 0 Å². The Kier molecular flexibility index (Phi) is 8.60. The van der Waals surface area contributed by atoms with Gasteiger partial charge in [0.05, 0.1) is 13.2 Å². The van der Waals surface area contributed by atoms with Crippen molar-refractivity contribution in [2.75, 3.05) is 13.2 Å². The summed E-state index contributed by atoms with van der Waals surface area (Å²) in [5.74, 6) is -3.70. The van der Waals surface area contributed by atoms with Gasteiger partial charge in [-0.1, -0.05) is 80.4 Å². The molecule has 0 spiro atoms. The Morgan fingerprint density at radius 1 is 0.750 bits per heavy atom. The fraction of sp³-hybridized carbons (Fsp3) is 0.333. The Labute approximate surface area is 209 Å². The van der Waals surface area contributed by atoms with Gasteiger partial charge in [0.2, 0.25) is 0 Å². The second-order valence-electron chi connectivity index (χ2n) is 9.05. The molecule has 1 fully saturated rings. The molecule has 1 heterocycles. The molecule has 0 radical (unpaired) electrons. The summed E-state index contributed by atoms with van der Waals surface area (Å²) in [5, 5.41) is 0. The van der Waals surface area contributed by atoms with Crippen LogP contribution < -0.4 is 0 Å². The first kappa shape index (κ1) is 26.1. The van der Waals surface area contributed by atoms with Gasteiger partial charge in [-0.05, 0) is 36.5 Å². The molecular formula is C30H30F4O2. The number of benzene rings is 3. The average Bonchev–Trinajstić information content (AvgIpc) is 2.89. The monoisotopic (exact) mass is 498 g/mol. The number of aryl methyl sites for hydroxylation is 1. The molecule has 0 saturated carbocycles. The minimum absolute atomic E-state index is 0.00312. The normalized spacial score (nSPS) is 18.2. The molecule has 3 aromatic carbocycles. The molecule has 1 saturated heterocycles. The Morgan fingerprint density at radius 3 is 1.92 bits per heavy atom. The van der Waals surface area contributed by atoms with E-state index in [1.165, 1.54) is 12.1 Å². The van der Waals surface area contributed by atoms with E-state index in [4.69, 9.17) is 9.47 Å². The number of hydrogen-bond acceptors (Lipinski definition) is 2. The molecule has 1 aliphatic rings. The summed E-state index contributed by atoms with van der Waals surface area (Å²) >= 11 is 0. The van der Waals surface area contributed by atoms with E-state index in [2.05, 4.69) is 6.92 Å². The van der Waals surface area contributed by atoms with E-state index in [1.807, 2.05) is 19.1 Å². The lowest BCUT2D eigenvalue weighted by atomic mass is 9.96. The molecular weight excluding hydrogens is 468 g/mol.